The van der Waals surface area contributed by atoms with Crippen LogP contribution in [0.3, 0.4) is 0 Å². The fourth-order valence-electron chi connectivity index (χ4n) is 2.20. The second kappa shape index (κ2) is 5.08. The fraction of sp³-hybridized carbons (Fsp3) is 0.385. The molecule has 1 unspecified atom stereocenters. The lowest BCUT2D eigenvalue weighted by Gasteiger charge is -2.33. The second-order valence-electron chi connectivity index (χ2n) is 4.05. The van der Waals surface area contributed by atoms with E-state index in [4.69, 9.17) is 9.84 Å². The van der Waals surface area contributed by atoms with Gasteiger partial charge in [0, 0.05) is 12.0 Å². The molecule has 18 heavy (non-hydrogen) atoms. The van der Waals surface area contributed by atoms with Gasteiger partial charge in [-0.05, 0) is 6.07 Å². The summed E-state index contributed by atoms with van der Waals surface area (Å²) in [5, 5.41) is 18.3. The Hall–Kier alpha value is -2.04. The first kappa shape index (κ1) is 14.0. The molecule has 0 aliphatic carbocycles. The smallest absolute Gasteiger partial charge is 0.314 e. The number of carboxylic acid groups (broad SMARTS) is 2. The molecule has 0 bridgehead atoms. The van der Waals surface area contributed by atoms with Crippen molar-refractivity contribution in [2.75, 3.05) is 6.61 Å². The summed E-state index contributed by atoms with van der Waals surface area (Å²) in [5.74, 6) is -1.78. The van der Waals surface area contributed by atoms with Crippen LogP contribution in [-0.2, 0) is 15.0 Å². The molecule has 5 heteroatoms. The van der Waals surface area contributed by atoms with Gasteiger partial charge in [0.05, 0.1) is 13.0 Å². The molecule has 0 spiro atoms. The molecule has 1 aliphatic rings. The van der Waals surface area contributed by atoms with Gasteiger partial charge < -0.3 is 14.9 Å². The lowest BCUT2D eigenvalue weighted by molar-refractivity contribution is -0.151. The van der Waals surface area contributed by atoms with Gasteiger partial charge in [0.15, 0.2) is 0 Å². The number of para-hydroxylation sites is 1. The van der Waals surface area contributed by atoms with Crippen molar-refractivity contribution in [2.45, 2.75) is 25.7 Å². The molecule has 5 nitrogen and oxygen atoms in total. The number of benzene rings is 1. The molecule has 1 aromatic rings. The highest BCUT2D eigenvalue weighted by molar-refractivity contribution is 5.88. The summed E-state index contributed by atoms with van der Waals surface area (Å²) in [6.07, 6.45) is -0.256. The Bertz CT molecular complexity index is 468. The Morgan fingerprint density at radius 3 is 2.56 bits per heavy atom. The van der Waals surface area contributed by atoms with Crippen LogP contribution in [0, 0.1) is 0 Å². The maximum absolute atomic E-state index is 11.5. The van der Waals surface area contributed by atoms with Crippen molar-refractivity contribution in [3.05, 3.63) is 29.8 Å². The van der Waals surface area contributed by atoms with Gasteiger partial charge in [0.1, 0.15) is 11.2 Å². The number of hydrogen-bond acceptors (Lipinski definition) is 3. The molecule has 2 N–H and O–H groups in total. The highest BCUT2D eigenvalue weighted by Crippen LogP contribution is 2.41. The topological polar surface area (TPSA) is 83.8 Å². The van der Waals surface area contributed by atoms with Gasteiger partial charge in [-0.3, -0.25) is 9.59 Å². The van der Waals surface area contributed by atoms with Crippen LogP contribution in [0.2, 0.25) is 0 Å². The summed E-state index contributed by atoms with van der Waals surface area (Å²) < 4.78 is 5.35. The van der Waals surface area contributed by atoms with Crippen molar-refractivity contribution in [2.24, 2.45) is 0 Å². The highest BCUT2D eigenvalue weighted by Gasteiger charge is 2.46. The third-order valence-corrected chi connectivity index (χ3v) is 3.05. The molecule has 98 valence electrons. The van der Waals surface area contributed by atoms with Crippen LogP contribution in [0.5, 0.6) is 5.75 Å². The molecule has 1 aromatic carbocycles. The largest absolute Gasteiger partial charge is 0.493 e. The van der Waals surface area contributed by atoms with Crippen LogP contribution in [0.15, 0.2) is 24.3 Å². The molecular weight excluding hydrogens is 236 g/mol. The van der Waals surface area contributed by atoms with Gasteiger partial charge in [-0.25, -0.2) is 0 Å². The average molecular weight is 252 g/mol. The van der Waals surface area contributed by atoms with Crippen LogP contribution in [0.1, 0.15) is 25.8 Å². The van der Waals surface area contributed by atoms with Gasteiger partial charge >= 0.3 is 11.9 Å². The molecule has 0 saturated carbocycles. The summed E-state index contributed by atoms with van der Waals surface area (Å²) in [4.78, 5) is 22.3. The number of carbonyl (C=O) groups is 2. The first-order valence-corrected chi connectivity index (χ1v) is 5.24. The van der Waals surface area contributed by atoms with E-state index in [0.717, 1.165) is 0 Å². The number of hydrogen-bond donors (Lipinski definition) is 2. The Labute approximate surface area is 105 Å². The van der Waals surface area contributed by atoms with E-state index in [9.17, 15) is 14.7 Å². The fourth-order valence-corrected chi connectivity index (χ4v) is 2.20. The normalized spacial score (nSPS) is 21.1. The van der Waals surface area contributed by atoms with Gasteiger partial charge in [-0.2, -0.15) is 0 Å². The molecule has 0 radical (unpaired) electrons. The van der Waals surface area contributed by atoms with E-state index in [1.165, 1.54) is 0 Å². The third kappa shape index (κ3) is 2.16. The van der Waals surface area contributed by atoms with Gasteiger partial charge in [0.25, 0.3) is 0 Å². The van der Waals surface area contributed by atoms with E-state index in [0.29, 0.717) is 11.3 Å². The SMILES string of the molecule is C.O=C(O)CC1(C(=O)O)CCOc2ccccc21. The highest BCUT2D eigenvalue weighted by atomic mass is 16.5. The van der Waals surface area contributed by atoms with Crippen molar-refractivity contribution in [3.8, 4) is 5.75 Å². The van der Waals surface area contributed by atoms with Crippen LogP contribution in [0.4, 0.5) is 0 Å². The van der Waals surface area contributed by atoms with Crippen LogP contribution < -0.4 is 4.74 Å². The maximum atomic E-state index is 11.5. The van der Waals surface area contributed by atoms with E-state index in [1.807, 2.05) is 0 Å². The van der Waals surface area contributed by atoms with E-state index in [1.54, 1.807) is 24.3 Å². The number of fused-ring (bicyclic) bond motifs is 1. The van der Waals surface area contributed by atoms with E-state index >= 15 is 0 Å². The first-order chi connectivity index (χ1) is 8.06. The van der Waals surface area contributed by atoms with Crippen LogP contribution in [0.25, 0.3) is 0 Å². The van der Waals surface area contributed by atoms with Crippen molar-refractivity contribution in [1.29, 1.82) is 0 Å². The summed E-state index contributed by atoms with van der Waals surface area (Å²) in [6, 6.07) is 6.70. The van der Waals surface area contributed by atoms with Crippen molar-refractivity contribution in [3.63, 3.8) is 0 Å². The predicted molar refractivity (Wildman–Crippen MR) is 64.9 cm³/mol. The average Bonchev–Trinajstić information content (AvgIpc) is 2.28. The molecular formula is C13H16O5. The molecule has 2 rings (SSSR count). The molecule has 1 atom stereocenters. The third-order valence-electron chi connectivity index (χ3n) is 3.05. The summed E-state index contributed by atoms with van der Waals surface area (Å²) >= 11 is 0. The van der Waals surface area contributed by atoms with Gasteiger partial charge in [-0.15, -0.1) is 0 Å². The second-order valence-corrected chi connectivity index (χ2v) is 4.05. The summed E-state index contributed by atoms with van der Waals surface area (Å²) in [5.41, 5.74) is -0.929. The zero-order valence-electron chi connectivity index (χ0n) is 9.05. The molecule has 0 saturated heterocycles. The maximum Gasteiger partial charge on any atom is 0.314 e. The Balaban J connectivity index is 0.00000162. The van der Waals surface area contributed by atoms with Crippen molar-refractivity contribution in [1.82, 2.24) is 0 Å². The van der Waals surface area contributed by atoms with E-state index < -0.39 is 23.8 Å². The minimum absolute atomic E-state index is 0. The van der Waals surface area contributed by atoms with Crippen LogP contribution in [-0.4, -0.2) is 28.8 Å². The standard InChI is InChI=1S/C12H12O5.CH4/c13-10(14)7-12(11(15)16)5-6-17-9-4-2-1-3-8(9)12;/h1-4H,5-7H2,(H,13,14)(H,15,16);1H4. The van der Waals surface area contributed by atoms with Gasteiger partial charge in [-0.1, -0.05) is 25.6 Å². The van der Waals surface area contributed by atoms with E-state index in [-0.39, 0.29) is 20.5 Å². The Kier molecular flexibility index (Phi) is 3.96. The first-order valence-electron chi connectivity index (χ1n) is 5.24. The molecule has 0 amide bonds. The summed E-state index contributed by atoms with van der Waals surface area (Å²) in [6.45, 7) is 0.219. The molecule has 1 aliphatic heterocycles. The Morgan fingerprint density at radius 2 is 1.94 bits per heavy atom. The monoisotopic (exact) mass is 252 g/mol. The number of aliphatic carboxylic acids is 2. The number of rotatable bonds is 3. The Morgan fingerprint density at radius 1 is 1.28 bits per heavy atom. The minimum Gasteiger partial charge on any atom is -0.493 e. The lowest BCUT2D eigenvalue weighted by atomic mass is 9.73. The minimum atomic E-state index is -1.37. The molecule has 0 aromatic heterocycles. The zero-order valence-corrected chi connectivity index (χ0v) is 9.05. The van der Waals surface area contributed by atoms with Crippen molar-refractivity contribution < 1.29 is 24.5 Å². The summed E-state index contributed by atoms with van der Waals surface area (Å²) in [7, 11) is 0. The van der Waals surface area contributed by atoms with Crippen LogP contribution >= 0.6 is 0 Å². The predicted octanol–water partition coefficient (Wildman–Crippen LogP) is 1.90. The lowest BCUT2D eigenvalue weighted by Crippen LogP contribution is -2.42. The molecule has 0 fully saturated rings. The zero-order chi connectivity index (χ0) is 12.5. The van der Waals surface area contributed by atoms with E-state index in [2.05, 4.69) is 0 Å². The molecule has 1 heterocycles. The quantitative estimate of drug-likeness (QED) is 0.858. The number of carboxylic acids is 2. The van der Waals surface area contributed by atoms with Crippen molar-refractivity contribution >= 4 is 11.9 Å². The number of ether oxygens (including phenoxy) is 1. The van der Waals surface area contributed by atoms with Gasteiger partial charge in [0.2, 0.25) is 0 Å².